The minimum atomic E-state index is -4.75. The minimum Gasteiger partial charge on any atom is -0.360 e. The number of alkyl halides is 6. The van der Waals surface area contributed by atoms with Crippen LogP contribution in [0.5, 0.6) is 0 Å². The largest absolute Gasteiger partial charge is 0.418 e. The van der Waals surface area contributed by atoms with Crippen LogP contribution in [0.1, 0.15) is 25.0 Å². The molecular formula is C13H16F6N2. The van der Waals surface area contributed by atoms with E-state index in [0.29, 0.717) is 4.90 Å². The van der Waals surface area contributed by atoms with Gasteiger partial charge in [-0.25, -0.2) is 0 Å². The molecule has 0 unspecified atom stereocenters. The SMILES string of the molecule is CC(C)N(CC(F)(F)F)c1ccc(CN)cc1C(F)(F)F. The molecule has 2 nitrogen and oxygen atoms in total. The number of halogens is 6. The highest BCUT2D eigenvalue weighted by atomic mass is 19.4. The van der Waals surface area contributed by atoms with Gasteiger partial charge in [0.25, 0.3) is 0 Å². The van der Waals surface area contributed by atoms with Crippen molar-refractivity contribution in [1.29, 1.82) is 0 Å². The molecule has 0 heterocycles. The number of benzene rings is 1. The van der Waals surface area contributed by atoms with Gasteiger partial charge in [0, 0.05) is 18.3 Å². The average Bonchev–Trinajstić information content (AvgIpc) is 2.33. The van der Waals surface area contributed by atoms with Crippen LogP contribution in [0.15, 0.2) is 18.2 Å². The van der Waals surface area contributed by atoms with Crippen molar-refractivity contribution < 1.29 is 26.3 Å². The monoisotopic (exact) mass is 314 g/mol. The summed E-state index contributed by atoms with van der Waals surface area (Å²) in [5, 5.41) is 0. The van der Waals surface area contributed by atoms with Crippen molar-refractivity contribution in [2.45, 2.75) is 38.8 Å². The summed E-state index contributed by atoms with van der Waals surface area (Å²) in [6.45, 7) is 1.24. The van der Waals surface area contributed by atoms with Crippen LogP contribution >= 0.6 is 0 Å². The van der Waals surface area contributed by atoms with Crippen molar-refractivity contribution in [2.24, 2.45) is 5.73 Å². The predicted molar refractivity (Wildman–Crippen MR) is 67.9 cm³/mol. The van der Waals surface area contributed by atoms with Crippen molar-refractivity contribution in [1.82, 2.24) is 0 Å². The molecule has 120 valence electrons. The van der Waals surface area contributed by atoms with Gasteiger partial charge >= 0.3 is 12.4 Å². The lowest BCUT2D eigenvalue weighted by molar-refractivity contribution is -0.138. The molecule has 0 aliphatic heterocycles. The van der Waals surface area contributed by atoms with Crippen molar-refractivity contribution in [3.63, 3.8) is 0 Å². The van der Waals surface area contributed by atoms with Gasteiger partial charge in [0.15, 0.2) is 0 Å². The Balaban J connectivity index is 3.37. The number of hydrogen-bond acceptors (Lipinski definition) is 2. The van der Waals surface area contributed by atoms with Crippen LogP contribution in [-0.2, 0) is 12.7 Å². The molecule has 2 N–H and O–H groups in total. The van der Waals surface area contributed by atoms with Crippen LogP contribution < -0.4 is 10.6 Å². The molecule has 1 aromatic carbocycles. The first-order chi connectivity index (χ1) is 9.45. The Labute approximate surface area is 118 Å². The molecular weight excluding hydrogens is 298 g/mol. The fourth-order valence-electron chi connectivity index (χ4n) is 1.93. The zero-order chi connectivity index (χ0) is 16.4. The molecule has 0 aliphatic rings. The van der Waals surface area contributed by atoms with Gasteiger partial charge in [-0.1, -0.05) is 6.07 Å². The number of rotatable bonds is 4. The molecule has 8 heteroatoms. The van der Waals surface area contributed by atoms with Crippen LogP contribution in [-0.4, -0.2) is 18.8 Å². The second-order valence-corrected chi connectivity index (χ2v) is 4.89. The fourth-order valence-corrected chi connectivity index (χ4v) is 1.93. The van der Waals surface area contributed by atoms with E-state index in [2.05, 4.69) is 0 Å². The molecule has 21 heavy (non-hydrogen) atoms. The third kappa shape index (κ3) is 4.80. The molecule has 0 bridgehead atoms. The zero-order valence-electron chi connectivity index (χ0n) is 11.5. The zero-order valence-corrected chi connectivity index (χ0v) is 11.5. The van der Waals surface area contributed by atoms with Crippen LogP contribution in [0.3, 0.4) is 0 Å². The van der Waals surface area contributed by atoms with E-state index in [1.54, 1.807) is 0 Å². The summed E-state index contributed by atoms with van der Waals surface area (Å²) in [6, 6.07) is 2.39. The van der Waals surface area contributed by atoms with Crippen molar-refractivity contribution in [2.75, 3.05) is 11.4 Å². The van der Waals surface area contributed by atoms with E-state index in [1.807, 2.05) is 0 Å². The van der Waals surface area contributed by atoms with Gasteiger partial charge in [0.2, 0.25) is 0 Å². The second-order valence-electron chi connectivity index (χ2n) is 4.89. The molecule has 0 saturated carbocycles. The smallest absolute Gasteiger partial charge is 0.360 e. The summed E-state index contributed by atoms with van der Waals surface area (Å²) in [5.41, 5.74) is 3.90. The molecule has 0 atom stereocenters. The Kier molecular flexibility index (Phi) is 5.14. The number of anilines is 1. The summed E-state index contributed by atoms with van der Waals surface area (Å²) in [6.07, 6.45) is -9.35. The van der Waals surface area contributed by atoms with Crippen molar-refractivity contribution in [3.8, 4) is 0 Å². The molecule has 1 aromatic rings. The van der Waals surface area contributed by atoms with Gasteiger partial charge in [-0.15, -0.1) is 0 Å². The van der Waals surface area contributed by atoms with E-state index in [4.69, 9.17) is 5.73 Å². The summed E-state index contributed by atoms with van der Waals surface area (Å²) >= 11 is 0. The van der Waals surface area contributed by atoms with Crippen LogP contribution in [0.25, 0.3) is 0 Å². The van der Waals surface area contributed by atoms with Crippen molar-refractivity contribution >= 4 is 5.69 Å². The van der Waals surface area contributed by atoms with Crippen molar-refractivity contribution in [3.05, 3.63) is 29.3 Å². The lowest BCUT2D eigenvalue weighted by Crippen LogP contribution is -2.40. The predicted octanol–water partition coefficient (Wildman–Crippen LogP) is 3.94. The van der Waals surface area contributed by atoms with Gasteiger partial charge < -0.3 is 10.6 Å². The maximum absolute atomic E-state index is 13.1. The van der Waals surface area contributed by atoms with Gasteiger partial charge in [-0.3, -0.25) is 0 Å². The summed E-state index contributed by atoms with van der Waals surface area (Å²) in [7, 11) is 0. The molecule has 0 aromatic heterocycles. The Morgan fingerprint density at radius 3 is 2.05 bits per heavy atom. The maximum Gasteiger partial charge on any atom is 0.418 e. The molecule has 0 fully saturated rings. The van der Waals surface area contributed by atoms with Crippen LogP contribution in [0, 0.1) is 0 Å². The first kappa shape index (κ1) is 17.6. The first-order valence-electron chi connectivity index (χ1n) is 6.19. The van der Waals surface area contributed by atoms with E-state index >= 15 is 0 Å². The first-order valence-corrected chi connectivity index (χ1v) is 6.19. The summed E-state index contributed by atoms with van der Waals surface area (Å²) in [4.78, 5) is 0.684. The third-order valence-electron chi connectivity index (χ3n) is 2.88. The highest BCUT2D eigenvalue weighted by Crippen LogP contribution is 2.38. The standard InChI is InChI=1S/C13H16F6N2/c1-8(2)21(7-12(14,15)16)11-4-3-9(6-20)5-10(11)13(17,18)19/h3-5,8H,6-7,20H2,1-2H3. The number of nitrogens with zero attached hydrogens (tertiary/aromatic N) is 1. The quantitative estimate of drug-likeness (QED) is 0.853. The Morgan fingerprint density at radius 2 is 1.67 bits per heavy atom. The molecule has 0 saturated heterocycles. The summed E-state index contributed by atoms with van der Waals surface area (Å²) in [5.74, 6) is 0. The molecule has 0 aliphatic carbocycles. The highest BCUT2D eigenvalue weighted by Gasteiger charge is 2.38. The Hall–Kier alpha value is -1.44. The molecule has 1 rings (SSSR count). The van der Waals surface area contributed by atoms with Gasteiger partial charge in [0.05, 0.1) is 5.56 Å². The lowest BCUT2D eigenvalue weighted by Gasteiger charge is -2.32. The van der Waals surface area contributed by atoms with E-state index in [-0.39, 0.29) is 12.1 Å². The lowest BCUT2D eigenvalue weighted by atomic mass is 10.1. The Morgan fingerprint density at radius 1 is 1.10 bits per heavy atom. The second kappa shape index (κ2) is 6.13. The normalized spacial score (nSPS) is 12.9. The minimum absolute atomic E-state index is 0.121. The third-order valence-corrected chi connectivity index (χ3v) is 2.88. The number of nitrogens with two attached hydrogens (primary N) is 1. The number of hydrogen-bond donors (Lipinski definition) is 1. The molecule has 0 spiro atoms. The summed E-state index contributed by atoms with van der Waals surface area (Å²) < 4.78 is 77.0. The van der Waals surface area contributed by atoms with E-state index in [9.17, 15) is 26.3 Å². The molecule has 0 radical (unpaired) electrons. The van der Waals surface area contributed by atoms with E-state index < -0.39 is 36.2 Å². The average molecular weight is 314 g/mol. The highest BCUT2D eigenvalue weighted by molar-refractivity contribution is 5.57. The van der Waals surface area contributed by atoms with Crippen LogP contribution in [0.2, 0.25) is 0 Å². The van der Waals surface area contributed by atoms with Gasteiger partial charge in [-0.2, -0.15) is 26.3 Å². The van der Waals surface area contributed by atoms with E-state index in [0.717, 1.165) is 12.1 Å². The fraction of sp³-hybridized carbons (Fsp3) is 0.538. The van der Waals surface area contributed by atoms with Gasteiger partial charge in [-0.05, 0) is 31.5 Å². The van der Waals surface area contributed by atoms with Crippen LogP contribution in [0.4, 0.5) is 32.0 Å². The maximum atomic E-state index is 13.1. The topological polar surface area (TPSA) is 29.3 Å². The van der Waals surface area contributed by atoms with E-state index in [1.165, 1.54) is 19.9 Å². The Bertz CT molecular complexity index is 479. The molecule has 0 amide bonds. The van der Waals surface area contributed by atoms with Gasteiger partial charge in [0.1, 0.15) is 6.54 Å².